The molecule has 0 saturated carbocycles. The highest BCUT2D eigenvalue weighted by molar-refractivity contribution is 6.44. The van der Waals surface area contributed by atoms with Gasteiger partial charge in [0.25, 0.3) is 11.1 Å². The van der Waals surface area contributed by atoms with Crippen LogP contribution in [0.2, 0.25) is 0 Å². The van der Waals surface area contributed by atoms with E-state index in [4.69, 9.17) is 37.9 Å². The van der Waals surface area contributed by atoms with E-state index >= 15 is 0 Å². The second kappa shape index (κ2) is 16.7. The van der Waals surface area contributed by atoms with Crippen LogP contribution in [0, 0.1) is 0 Å². The minimum Gasteiger partial charge on any atom is -0.487 e. The van der Waals surface area contributed by atoms with Gasteiger partial charge in [0.15, 0.2) is 11.5 Å². The van der Waals surface area contributed by atoms with Crippen molar-refractivity contribution in [3.05, 3.63) is 99.6 Å². The third kappa shape index (κ3) is 6.99. The van der Waals surface area contributed by atoms with Gasteiger partial charge in [0.1, 0.15) is 13.2 Å². The second-order valence-corrected chi connectivity index (χ2v) is 13.2. The Morgan fingerprint density at radius 3 is 1.36 bits per heavy atom. The van der Waals surface area contributed by atoms with Gasteiger partial charge in [-0.25, -0.2) is 4.57 Å². The average Bonchev–Trinajstić information content (AvgIpc) is 3.48. The van der Waals surface area contributed by atoms with Gasteiger partial charge in [-0.2, -0.15) is 0 Å². The summed E-state index contributed by atoms with van der Waals surface area (Å²) in [4.78, 5) is 29.2. The first-order chi connectivity index (χ1) is 27.1. The van der Waals surface area contributed by atoms with Gasteiger partial charge in [0.05, 0.1) is 82.5 Å². The lowest BCUT2D eigenvalue weighted by molar-refractivity contribution is 0.0160. The van der Waals surface area contributed by atoms with Gasteiger partial charge in [0, 0.05) is 20.3 Å². The van der Waals surface area contributed by atoms with Crippen molar-refractivity contribution >= 4 is 64.6 Å². The molecule has 0 radical (unpaired) electrons. The van der Waals surface area contributed by atoms with Gasteiger partial charge in [0.2, 0.25) is 0 Å². The number of rotatable bonds is 21. The van der Waals surface area contributed by atoms with E-state index in [-0.39, 0.29) is 24.3 Å². The Balaban J connectivity index is 1.14. The predicted molar refractivity (Wildman–Crippen MR) is 215 cm³/mol. The first-order valence-corrected chi connectivity index (χ1v) is 18.6. The molecule has 1 aromatic heterocycles. The number of fused-ring (bicyclic) bond motifs is 4. The fourth-order valence-electron chi connectivity index (χ4n) is 7.62. The monoisotopic (exact) mass is 745 g/mol. The van der Waals surface area contributed by atoms with Crippen LogP contribution >= 0.6 is 0 Å². The zero-order chi connectivity index (χ0) is 37.7. The van der Waals surface area contributed by atoms with Crippen LogP contribution in [0.1, 0.15) is 0 Å². The molecular formula is C44H43NO10. The van der Waals surface area contributed by atoms with E-state index in [2.05, 4.69) is 36.4 Å². The predicted octanol–water partition coefficient (Wildman–Crippen LogP) is 6.55. The molecule has 0 aliphatic carbocycles. The van der Waals surface area contributed by atoms with Crippen LogP contribution < -0.4 is 20.6 Å². The van der Waals surface area contributed by atoms with Crippen molar-refractivity contribution in [1.82, 2.24) is 4.57 Å². The smallest absolute Gasteiger partial charge is 0.266 e. The van der Waals surface area contributed by atoms with E-state index in [0.29, 0.717) is 94.0 Å². The number of nitrogens with zero attached hydrogens (tertiary/aromatic N) is 1. The van der Waals surface area contributed by atoms with Gasteiger partial charge in [-0.15, -0.1) is 0 Å². The highest BCUT2D eigenvalue weighted by Gasteiger charge is 2.25. The minimum atomic E-state index is -0.379. The van der Waals surface area contributed by atoms with Gasteiger partial charge < -0.3 is 37.9 Å². The molecule has 11 heteroatoms. The molecule has 0 atom stereocenters. The number of ether oxygens (including phenoxy) is 8. The van der Waals surface area contributed by atoms with Gasteiger partial charge >= 0.3 is 0 Å². The van der Waals surface area contributed by atoms with Crippen LogP contribution in [-0.2, 0) is 28.4 Å². The molecular weight excluding hydrogens is 702 g/mol. The molecule has 0 unspecified atom stereocenters. The van der Waals surface area contributed by atoms with E-state index in [1.54, 1.807) is 32.4 Å². The summed E-state index contributed by atoms with van der Waals surface area (Å²) in [5.41, 5.74) is -0.380. The van der Waals surface area contributed by atoms with Crippen LogP contribution in [-0.4, -0.2) is 98.1 Å². The summed E-state index contributed by atoms with van der Waals surface area (Å²) >= 11 is 0. The molecule has 0 fully saturated rings. The largest absolute Gasteiger partial charge is 0.487 e. The third-order valence-electron chi connectivity index (χ3n) is 10.0. The standard InChI is InChI=1S/C44H43NO10/c1-48-15-17-50-19-21-52-23-25-54-35-14-11-30(27-36(35)55-26-24-53-22-20-51-18-16-49-2)45-43(46)41-33-12-9-28-5-3-7-31-32-8-4-6-29-10-13-34(42(41)44(45)47)40(38(29)32)39(33)37(28)31/h3-14,27H,15-26H2,1-2H3. The maximum atomic E-state index is 14.6. The Labute approximate surface area is 316 Å². The fraction of sp³-hybridized carbons (Fsp3) is 0.318. The highest BCUT2D eigenvalue weighted by Crippen LogP contribution is 2.47. The fourth-order valence-corrected chi connectivity index (χ4v) is 7.62. The van der Waals surface area contributed by atoms with Gasteiger partial charge in [-0.05, 0) is 66.0 Å². The van der Waals surface area contributed by atoms with Crippen LogP contribution in [0.5, 0.6) is 11.5 Å². The summed E-state index contributed by atoms with van der Waals surface area (Å²) in [6, 6.07) is 25.8. The Morgan fingerprint density at radius 2 is 0.873 bits per heavy atom. The number of methoxy groups -OCH3 is 2. The molecule has 0 aliphatic heterocycles. The van der Waals surface area contributed by atoms with E-state index in [1.165, 1.54) is 4.57 Å². The van der Waals surface area contributed by atoms with E-state index in [1.807, 2.05) is 24.3 Å². The lowest BCUT2D eigenvalue weighted by atomic mass is 9.84. The van der Waals surface area contributed by atoms with E-state index in [9.17, 15) is 9.59 Å². The molecule has 1 heterocycles. The molecule has 7 aromatic carbocycles. The topological polar surface area (TPSA) is 113 Å². The minimum absolute atomic E-state index is 0.204. The summed E-state index contributed by atoms with van der Waals surface area (Å²) in [5.74, 6) is 0.818. The Morgan fingerprint density at radius 1 is 0.418 bits per heavy atom. The van der Waals surface area contributed by atoms with Crippen molar-refractivity contribution in [1.29, 1.82) is 0 Å². The molecule has 0 saturated heterocycles. The zero-order valence-corrected chi connectivity index (χ0v) is 31.0. The van der Waals surface area contributed by atoms with Crippen molar-refractivity contribution in [2.24, 2.45) is 0 Å². The molecule has 8 rings (SSSR count). The van der Waals surface area contributed by atoms with Crippen LogP contribution in [0.15, 0.2) is 88.5 Å². The Bertz CT molecular complexity index is 2520. The molecule has 0 amide bonds. The van der Waals surface area contributed by atoms with Gasteiger partial charge in [-0.1, -0.05) is 60.7 Å². The summed E-state index contributed by atoms with van der Waals surface area (Å²) in [6.07, 6.45) is 0. The summed E-state index contributed by atoms with van der Waals surface area (Å²) < 4.78 is 45.8. The van der Waals surface area contributed by atoms with E-state index in [0.717, 1.165) is 53.9 Å². The molecule has 55 heavy (non-hydrogen) atoms. The molecule has 8 aromatic rings. The Kier molecular flexibility index (Phi) is 11.2. The second-order valence-electron chi connectivity index (χ2n) is 13.2. The third-order valence-corrected chi connectivity index (χ3v) is 10.0. The van der Waals surface area contributed by atoms with Crippen LogP contribution in [0.4, 0.5) is 0 Å². The quantitative estimate of drug-likeness (QED) is 0.0456. The number of aromatic nitrogens is 1. The molecule has 0 aliphatic rings. The summed E-state index contributed by atoms with van der Waals surface area (Å²) in [7, 11) is 3.25. The molecule has 11 nitrogen and oxygen atoms in total. The normalized spacial score (nSPS) is 12.2. The first-order valence-electron chi connectivity index (χ1n) is 18.6. The molecule has 0 N–H and O–H groups in total. The lowest BCUT2D eigenvalue weighted by Gasteiger charge is -2.18. The molecule has 284 valence electrons. The van der Waals surface area contributed by atoms with Crippen LogP contribution in [0.3, 0.4) is 0 Å². The Hall–Kier alpha value is -5.14. The molecule has 0 bridgehead atoms. The van der Waals surface area contributed by atoms with Crippen molar-refractivity contribution in [2.45, 2.75) is 0 Å². The summed E-state index contributed by atoms with van der Waals surface area (Å²) in [6.45, 7) is 4.81. The van der Waals surface area contributed by atoms with Crippen LogP contribution in [0.25, 0.3) is 70.3 Å². The number of benzene rings is 7. The maximum absolute atomic E-state index is 14.6. The number of hydrogen-bond acceptors (Lipinski definition) is 10. The van der Waals surface area contributed by atoms with Crippen molar-refractivity contribution in [3.8, 4) is 17.2 Å². The maximum Gasteiger partial charge on any atom is 0.266 e. The van der Waals surface area contributed by atoms with Crippen molar-refractivity contribution in [3.63, 3.8) is 0 Å². The van der Waals surface area contributed by atoms with Gasteiger partial charge in [-0.3, -0.25) is 9.59 Å². The first kappa shape index (κ1) is 36.8. The van der Waals surface area contributed by atoms with E-state index < -0.39 is 0 Å². The molecule has 0 spiro atoms. The lowest BCUT2D eigenvalue weighted by Crippen LogP contribution is -2.23. The SMILES string of the molecule is COCCOCCOCCOc1ccc(-n2c(=O)c3c4ccc5cccc6c7cccc8ccc(c3c2=O)c(c87)c4c56)cc1OCCOCCOCCOC. The average molecular weight is 746 g/mol. The van der Waals surface area contributed by atoms with Crippen molar-refractivity contribution in [2.75, 3.05) is 93.5 Å². The zero-order valence-electron chi connectivity index (χ0n) is 31.0. The summed E-state index contributed by atoms with van der Waals surface area (Å²) in [5, 5.41) is 11.0. The highest BCUT2D eigenvalue weighted by atomic mass is 16.6. The number of hydrogen-bond donors (Lipinski definition) is 0. The van der Waals surface area contributed by atoms with Crippen molar-refractivity contribution < 1.29 is 37.9 Å².